The van der Waals surface area contributed by atoms with Crippen molar-refractivity contribution in [3.05, 3.63) is 29.8 Å². The van der Waals surface area contributed by atoms with Crippen LogP contribution in [-0.2, 0) is 4.79 Å². The number of hydrogen-bond donors (Lipinski definition) is 2. The first-order chi connectivity index (χ1) is 10.1. The molecular weight excluding hydrogens is 266 g/mol. The van der Waals surface area contributed by atoms with E-state index < -0.39 is 6.10 Å². The molecule has 21 heavy (non-hydrogen) atoms. The highest BCUT2D eigenvalue weighted by Crippen LogP contribution is 2.24. The van der Waals surface area contributed by atoms with Crippen molar-refractivity contribution in [3.63, 3.8) is 0 Å². The van der Waals surface area contributed by atoms with Gasteiger partial charge in [0.2, 0.25) is 0 Å². The van der Waals surface area contributed by atoms with Crippen molar-refractivity contribution >= 4 is 5.91 Å². The van der Waals surface area contributed by atoms with Gasteiger partial charge in [-0.25, -0.2) is 0 Å². The van der Waals surface area contributed by atoms with Gasteiger partial charge >= 0.3 is 0 Å². The number of nitrogens with one attached hydrogen (secondary N) is 1. The van der Waals surface area contributed by atoms with Gasteiger partial charge in [0.05, 0.1) is 0 Å². The Morgan fingerprint density at radius 1 is 1.33 bits per heavy atom. The first kappa shape index (κ1) is 15.8. The summed E-state index contributed by atoms with van der Waals surface area (Å²) in [5.41, 5.74) is 1.16. The van der Waals surface area contributed by atoms with E-state index in [9.17, 15) is 9.90 Å². The molecule has 4 heteroatoms. The summed E-state index contributed by atoms with van der Waals surface area (Å²) in [6.07, 6.45) is 3.62. The molecule has 0 aliphatic heterocycles. The number of aliphatic hydroxyl groups excluding tert-OH is 1. The highest BCUT2D eigenvalue weighted by molar-refractivity contribution is 5.81. The zero-order valence-corrected chi connectivity index (χ0v) is 12.8. The van der Waals surface area contributed by atoms with Crippen LogP contribution in [0.15, 0.2) is 24.3 Å². The second kappa shape index (κ2) is 7.46. The van der Waals surface area contributed by atoms with Gasteiger partial charge in [0, 0.05) is 18.6 Å². The van der Waals surface area contributed by atoms with E-state index in [0.717, 1.165) is 31.2 Å². The van der Waals surface area contributed by atoms with Gasteiger partial charge in [-0.2, -0.15) is 0 Å². The Balaban J connectivity index is 1.88. The van der Waals surface area contributed by atoms with Crippen LogP contribution < -0.4 is 10.1 Å². The molecule has 2 rings (SSSR count). The molecule has 2 N–H and O–H groups in total. The number of hydrogen-bond acceptors (Lipinski definition) is 3. The molecule has 0 aromatic heterocycles. The molecule has 1 aliphatic carbocycles. The lowest BCUT2D eigenvalue weighted by Crippen LogP contribution is -2.47. The first-order valence-electron chi connectivity index (χ1n) is 7.74. The minimum atomic E-state index is -0.533. The third kappa shape index (κ3) is 4.46. The lowest BCUT2D eigenvalue weighted by atomic mass is 9.85. The average molecular weight is 291 g/mol. The van der Waals surface area contributed by atoms with E-state index in [2.05, 4.69) is 5.32 Å². The highest BCUT2D eigenvalue weighted by atomic mass is 16.5. The van der Waals surface area contributed by atoms with Crippen molar-refractivity contribution in [2.45, 2.75) is 51.7 Å². The van der Waals surface area contributed by atoms with Gasteiger partial charge in [-0.15, -0.1) is 0 Å². The van der Waals surface area contributed by atoms with Crippen molar-refractivity contribution in [2.75, 3.05) is 6.61 Å². The molecule has 3 unspecified atom stereocenters. The maximum Gasteiger partial charge on any atom is 0.261 e. The van der Waals surface area contributed by atoms with Crippen molar-refractivity contribution in [2.24, 2.45) is 5.92 Å². The fourth-order valence-corrected chi connectivity index (χ4v) is 2.79. The predicted octanol–water partition coefficient (Wildman–Crippen LogP) is 2.43. The molecule has 0 heterocycles. The quantitative estimate of drug-likeness (QED) is 0.876. The van der Waals surface area contributed by atoms with Crippen molar-refractivity contribution < 1.29 is 14.6 Å². The normalized spacial score (nSPS) is 23.4. The summed E-state index contributed by atoms with van der Waals surface area (Å²) in [5, 5.41) is 12.4. The van der Waals surface area contributed by atoms with Crippen LogP contribution >= 0.6 is 0 Å². The van der Waals surface area contributed by atoms with E-state index in [0.29, 0.717) is 5.75 Å². The van der Waals surface area contributed by atoms with Gasteiger partial charge in [-0.05, 0) is 38.8 Å². The van der Waals surface area contributed by atoms with Crippen LogP contribution in [0.3, 0.4) is 0 Å². The van der Waals surface area contributed by atoms with Crippen molar-refractivity contribution in [1.82, 2.24) is 5.32 Å². The molecule has 1 fully saturated rings. The number of benzene rings is 1. The molecule has 1 amide bonds. The van der Waals surface area contributed by atoms with Crippen LogP contribution in [0, 0.1) is 12.8 Å². The van der Waals surface area contributed by atoms with Gasteiger partial charge in [0.25, 0.3) is 5.91 Å². The minimum absolute atomic E-state index is 0.0697. The van der Waals surface area contributed by atoms with Gasteiger partial charge in [-0.1, -0.05) is 30.5 Å². The molecule has 0 saturated heterocycles. The Morgan fingerprint density at radius 3 is 2.67 bits per heavy atom. The van der Waals surface area contributed by atoms with Crippen molar-refractivity contribution in [1.29, 1.82) is 0 Å². The number of ether oxygens (including phenoxy) is 1. The predicted molar refractivity (Wildman–Crippen MR) is 82.2 cm³/mol. The largest absolute Gasteiger partial charge is 0.481 e. The lowest BCUT2D eigenvalue weighted by molar-refractivity contribution is -0.128. The summed E-state index contributed by atoms with van der Waals surface area (Å²) in [6, 6.07) is 7.73. The van der Waals surface area contributed by atoms with Crippen LogP contribution in [-0.4, -0.2) is 29.8 Å². The lowest BCUT2D eigenvalue weighted by Gasteiger charge is -2.31. The number of carbonyl (C=O) groups excluding carboxylic acids is 1. The fraction of sp³-hybridized carbons (Fsp3) is 0.588. The number of rotatable bonds is 5. The Labute approximate surface area is 126 Å². The molecule has 1 aliphatic rings. The van der Waals surface area contributed by atoms with Crippen LogP contribution in [0.5, 0.6) is 5.75 Å². The van der Waals surface area contributed by atoms with Crippen LogP contribution in [0.4, 0.5) is 0 Å². The highest BCUT2D eigenvalue weighted by Gasteiger charge is 2.27. The second-order valence-corrected chi connectivity index (χ2v) is 5.92. The maximum absolute atomic E-state index is 12.2. The number of aryl methyl sites for hydroxylation is 1. The molecule has 116 valence electrons. The summed E-state index contributed by atoms with van der Waals surface area (Å²) in [4.78, 5) is 12.2. The zero-order chi connectivity index (χ0) is 15.2. The average Bonchev–Trinajstić information content (AvgIpc) is 2.50. The molecule has 1 saturated carbocycles. The summed E-state index contributed by atoms with van der Waals surface area (Å²) in [5.74, 6) is 0.765. The first-order valence-corrected chi connectivity index (χ1v) is 7.74. The molecule has 4 nitrogen and oxygen atoms in total. The summed E-state index contributed by atoms with van der Waals surface area (Å²) in [7, 11) is 0. The zero-order valence-electron chi connectivity index (χ0n) is 12.8. The van der Waals surface area contributed by atoms with Crippen LogP contribution in [0.1, 0.15) is 38.2 Å². The minimum Gasteiger partial charge on any atom is -0.481 e. The Kier molecular flexibility index (Phi) is 5.62. The summed E-state index contributed by atoms with van der Waals surface area (Å²) in [6.45, 7) is 3.90. The Hall–Kier alpha value is -1.55. The molecule has 3 atom stereocenters. The topological polar surface area (TPSA) is 58.6 Å². The van der Waals surface area contributed by atoms with E-state index in [1.165, 1.54) is 0 Å². The van der Waals surface area contributed by atoms with Crippen molar-refractivity contribution in [3.8, 4) is 5.75 Å². The molecule has 0 spiro atoms. The van der Waals surface area contributed by atoms with Gasteiger partial charge in [-0.3, -0.25) is 4.79 Å². The number of carbonyl (C=O) groups is 1. The van der Waals surface area contributed by atoms with Gasteiger partial charge in [0.15, 0.2) is 6.10 Å². The fourth-order valence-electron chi connectivity index (χ4n) is 2.79. The van der Waals surface area contributed by atoms with E-state index in [-0.39, 0.29) is 24.5 Å². The maximum atomic E-state index is 12.2. The SMILES string of the molecule is Cc1ccc(OC(C)C(=O)NC2CCCCC2CO)cc1. The molecule has 1 aromatic carbocycles. The van der Waals surface area contributed by atoms with Crippen LogP contribution in [0.2, 0.25) is 0 Å². The second-order valence-electron chi connectivity index (χ2n) is 5.92. The molecular formula is C17H25NO3. The standard InChI is InChI=1S/C17H25NO3/c1-12-7-9-15(10-8-12)21-13(2)17(20)18-16-6-4-3-5-14(16)11-19/h7-10,13-14,16,19H,3-6,11H2,1-2H3,(H,18,20). The third-order valence-corrected chi connectivity index (χ3v) is 4.17. The molecule has 0 bridgehead atoms. The molecule has 1 aromatic rings. The number of amides is 1. The van der Waals surface area contributed by atoms with Gasteiger partial charge in [0.1, 0.15) is 5.75 Å². The van der Waals surface area contributed by atoms with E-state index in [1.807, 2.05) is 31.2 Å². The third-order valence-electron chi connectivity index (χ3n) is 4.17. The van der Waals surface area contributed by atoms with E-state index in [4.69, 9.17) is 4.74 Å². The monoisotopic (exact) mass is 291 g/mol. The van der Waals surface area contributed by atoms with Gasteiger partial charge < -0.3 is 15.2 Å². The van der Waals surface area contributed by atoms with E-state index >= 15 is 0 Å². The molecule has 0 radical (unpaired) electrons. The number of aliphatic hydroxyl groups is 1. The summed E-state index contributed by atoms with van der Waals surface area (Å²) >= 11 is 0. The smallest absolute Gasteiger partial charge is 0.261 e. The Morgan fingerprint density at radius 2 is 2.00 bits per heavy atom. The van der Waals surface area contributed by atoms with Crippen LogP contribution in [0.25, 0.3) is 0 Å². The summed E-state index contributed by atoms with van der Waals surface area (Å²) < 4.78 is 5.67. The van der Waals surface area contributed by atoms with E-state index in [1.54, 1.807) is 6.92 Å². The Bertz CT molecular complexity index is 458.